The third kappa shape index (κ3) is 31.6. The monoisotopic (exact) mass is 2070 g/mol. The number of Topliss-reactive ketones (excluding diaryl/α,β-unsaturated/α-hetero) is 1. The van der Waals surface area contributed by atoms with Crippen molar-refractivity contribution in [2.45, 2.75) is 224 Å². The smallest absolute Gasteiger partial charge is 0.342 e. The van der Waals surface area contributed by atoms with Crippen LogP contribution in [0.1, 0.15) is 174 Å². The number of likely N-dealkylation sites (tertiary alicyclic amines) is 3. The fraction of sp³-hybridized carbons (Fsp3) is 0.467. The Hall–Kier alpha value is -12.9. The number of rotatable bonds is 19. The number of esters is 3. The summed E-state index contributed by atoms with van der Waals surface area (Å²) in [7, 11) is 3.03. The maximum atomic E-state index is 13.6. The van der Waals surface area contributed by atoms with E-state index >= 15 is 0 Å². The molecule has 0 spiro atoms. The van der Waals surface area contributed by atoms with Gasteiger partial charge < -0.3 is 124 Å². The van der Waals surface area contributed by atoms with Gasteiger partial charge in [0.15, 0.2) is 12.0 Å². The molecule has 11 N–H and O–H groups in total. The van der Waals surface area contributed by atoms with Gasteiger partial charge in [0.2, 0.25) is 29.3 Å². The number of allylic oxidation sites excluding steroid dienone is 13. The number of nitrogens with one attached hydrogen (secondary N) is 2. The van der Waals surface area contributed by atoms with Crippen molar-refractivity contribution in [2.24, 2.45) is 33.0 Å². The van der Waals surface area contributed by atoms with Gasteiger partial charge in [0.1, 0.15) is 113 Å². The molecule has 0 aromatic heterocycles. The number of oxime groups is 3. The zero-order chi connectivity index (χ0) is 105. The number of ether oxygens (including phenoxy) is 9. The minimum atomic E-state index is -0.899. The summed E-state index contributed by atoms with van der Waals surface area (Å²) in [6, 6.07) is 3.03. The number of halogens is 3. The number of ketones is 2. The Balaban J connectivity index is 0.000000185. The van der Waals surface area contributed by atoms with Gasteiger partial charge in [-0.1, -0.05) is 149 Å². The second kappa shape index (κ2) is 52.8. The van der Waals surface area contributed by atoms with Gasteiger partial charge in [-0.3, -0.25) is 28.8 Å². The fourth-order valence-corrected chi connectivity index (χ4v) is 18.1. The number of hydrogen-bond acceptors (Lipinski definition) is 33. The van der Waals surface area contributed by atoms with Crippen LogP contribution in [0, 0.1) is 11.8 Å². The molecule has 3 aromatic rings. The number of nitrogens with zero attached hydrogens (tertiary/aromatic N) is 6. The van der Waals surface area contributed by atoms with E-state index in [0.717, 1.165) is 49.1 Å². The minimum absolute atomic E-state index is 0.000604. The van der Waals surface area contributed by atoms with E-state index in [1.54, 1.807) is 103 Å². The maximum absolute atomic E-state index is 13.6. The van der Waals surface area contributed by atoms with Gasteiger partial charge in [-0.15, -0.1) is 6.58 Å². The molecule has 15 atom stereocenters. The molecule has 0 saturated carbocycles. The number of benzene rings is 3. The average Bonchev–Trinajstić information content (AvgIpc) is 1.68. The summed E-state index contributed by atoms with van der Waals surface area (Å²) in [6.45, 7) is 26.0. The van der Waals surface area contributed by atoms with Crippen molar-refractivity contribution in [1.29, 1.82) is 0 Å². The summed E-state index contributed by atoms with van der Waals surface area (Å²) < 4.78 is 50.7. The number of nitrogens with two attached hydrogens (primary N) is 1. The number of carbonyl (C=O) groups excluding carboxylic acids is 9. The molecular weight excluding hydrogens is 1940 g/mol. The number of epoxide rings is 3. The molecule has 10 heterocycles. The van der Waals surface area contributed by atoms with Crippen LogP contribution in [0.4, 0.5) is 0 Å². The van der Waals surface area contributed by atoms with E-state index in [1.807, 2.05) is 70.2 Å². The Bertz CT molecular complexity index is 5630. The molecule has 0 radical (unpaired) electrons. The number of aromatic hydroxyl groups is 6. The van der Waals surface area contributed by atoms with Crippen molar-refractivity contribution >= 4 is 105 Å². The molecule has 0 unspecified atom stereocenters. The number of fused-ring (bicyclic) bond motifs is 8. The number of aliphatic hydroxyl groups is 1. The van der Waals surface area contributed by atoms with Crippen molar-refractivity contribution in [3.8, 4) is 34.5 Å². The van der Waals surface area contributed by atoms with Crippen molar-refractivity contribution in [3.05, 3.63) is 223 Å². The van der Waals surface area contributed by atoms with Gasteiger partial charge in [-0.05, 0) is 127 Å². The lowest BCUT2D eigenvalue weighted by Crippen LogP contribution is -2.37. The van der Waals surface area contributed by atoms with Gasteiger partial charge in [-0.2, -0.15) is 0 Å². The molecule has 14 rings (SSSR count). The third-order valence-corrected chi connectivity index (χ3v) is 26.6. The number of amides is 4. The molecule has 145 heavy (non-hydrogen) atoms. The summed E-state index contributed by atoms with van der Waals surface area (Å²) in [5.41, 5.74) is 7.91. The molecule has 11 aliphatic rings. The molecular formula is C105H128Cl3N9O28. The number of carbonyl (C=O) groups is 9. The van der Waals surface area contributed by atoms with E-state index < -0.39 is 101 Å². The van der Waals surface area contributed by atoms with E-state index in [2.05, 4.69) is 39.3 Å². The zero-order valence-electron chi connectivity index (χ0n) is 82.7. The highest BCUT2D eigenvalue weighted by Crippen LogP contribution is 2.45. The number of cyclic esters (lactones) is 3. The van der Waals surface area contributed by atoms with Crippen molar-refractivity contribution in [2.75, 3.05) is 79.9 Å². The first-order valence-corrected chi connectivity index (χ1v) is 49.2. The fourth-order valence-electron chi connectivity index (χ4n) is 17.4. The van der Waals surface area contributed by atoms with E-state index in [1.165, 1.54) is 14.2 Å². The van der Waals surface area contributed by atoms with Crippen LogP contribution in [0.25, 0.3) is 0 Å². The second-order valence-electron chi connectivity index (χ2n) is 36.9. The minimum Gasteiger partial charge on any atom is -0.507 e. The zero-order valence-corrected chi connectivity index (χ0v) is 85.0. The highest BCUT2D eigenvalue weighted by atomic mass is 35.5. The standard InChI is InChI=1S/C32H45N3O7.C25H29ClN2O7.2C24H27ClN2O7/c1-9-13-34-28-23-14-18(2)15-27(41-8)29(37)20(4)16-21(5)31(42-22(6)33)26(40-7)12-10-11-19(3)32(39)35-24(30(23)38)17-25(28)36;1-15-12-20-25(2,35-20)8-4-3-6-16(27-33-11-10-28-9-5-7-21(28)31)13-17-22(24(32)34-15)18(29)14-19(30)23(17)26;2*1-14-11-20-19(34-20)6-3-2-5-15(26-32-10-9-27-8-4-7-21(27)30)12-16-22(24(31)33-14)17(28)13-18(29)23(16)25/h9-12,16-18,20,26-27,29,31,34,37H,1,6,13-15,33H2,2-5,7-8H3,(H,35,39);3-4,6,8,14-15,20,29-30H,5,7,9-13H2,1-2H3;2*2-3,5-6,13-14,19-20,28-29H,4,7-12H2,1H3/b12-10-,19-11+,21-16+;6-3+,8-4-,27-16-;5-2+,6-3-,26-15+;5-2+,6-3-,26-15-/t18-,20+,26+,27+,29-,31+;15-,20-,25-;2*14-,19+,20+/m1111/s1. The van der Waals surface area contributed by atoms with Crippen molar-refractivity contribution < 1.29 is 136 Å². The van der Waals surface area contributed by atoms with Crippen molar-refractivity contribution in [1.82, 2.24) is 25.3 Å². The number of hydrogen-bond donors (Lipinski definition) is 10. The Morgan fingerprint density at radius 1 is 0.593 bits per heavy atom. The van der Waals surface area contributed by atoms with Crippen LogP contribution in [0.2, 0.25) is 15.1 Å². The third-order valence-electron chi connectivity index (χ3n) is 25.4. The Morgan fingerprint density at radius 2 is 1.03 bits per heavy atom. The number of phenols is 6. The largest absolute Gasteiger partial charge is 0.507 e. The Morgan fingerprint density at radius 3 is 1.43 bits per heavy atom. The molecule has 782 valence electrons. The van der Waals surface area contributed by atoms with Crippen LogP contribution in [-0.4, -0.2) is 279 Å². The van der Waals surface area contributed by atoms with Gasteiger partial charge in [0, 0.05) is 140 Å². The van der Waals surface area contributed by atoms with Crippen LogP contribution in [0.15, 0.2) is 190 Å². The summed E-state index contributed by atoms with van der Waals surface area (Å²) in [5.74, 6) is -6.40. The quantitative estimate of drug-likeness (QED) is 0.00779. The van der Waals surface area contributed by atoms with E-state index in [0.29, 0.717) is 107 Å². The molecule has 1 aliphatic carbocycles. The van der Waals surface area contributed by atoms with Gasteiger partial charge >= 0.3 is 17.9 Å². The molecule has 6 fully saturated rings. The van der Waals surface area contributed by atoms with Crippen LogP contribution in [-0.2, 0) is 105 Å². The SMILES string of the molecule is C=CCNC1=C2C[C@@H](C)C[C@H](OC)[C@H](O)[C@@H](C)/C=C(\C)[C@H](OC(=C)N)[C@@H](OC)/C=C\C=C(/C)C(=O)NC(=CC1=O)C2=O.C[C@@H]1C[C@@H]2O[C@H]2\C=C/C=C/C(=N/OCCN2CCCC2=O)Cc2c(Cl)c(O)cc(O)c2C(=O)O1.C[C@@H]1C[C@@H]2O[C@H]2\C=C/C=C/C(=N\OCCN2CCCC2=O)Cc2c(Cl)c(O)cc(O)c2C(=O)O1.C[C@@H]1C[C@H]2O[C@]2(C)\C=C/C=C/C(=N/OCCN2CCCC2=O)Cc2c(Cl)c(O)cc(O)c2C(=O)O1. The molecule has 10 aliphatic heterocycles. The normalized spacial score (nSPS) is 29.4. The summed E-state index contributed by atoms with van der Waals surface area (Å²) >= 11 is 19.0. The molecule has 40 heteroatoms. The highest BCUT2D eigenvalue weighted by molar-refractivity contribution is 6.35. The number of methoxy groups -OCH3 is 2. The second-order valence-corrected chi connectivity index (χ2v) is 38.0. The lowest BCUT2D eigenvalue weighted by atomic mass is 9.85. The van der Waals surface area contributed by atoms with Gasteiger partial charge in [0.25, 0.3) is 5.91 Å². The van der Waals surface area contributed by atoms with E-state index in [4.69, 9.17) is 97.7 Å². The maximum Gasteiger partial charge on any atom is 0.342 e. The lowest BCUT2D eigenvalue weighted by Gasteiger charge is -2.30. The van der Waals surface area contributed by atoms with Gasteiger partial charge in [-0.25, -0.2) is 14.4 Å². The van der Waals surface area contributed by atoms with Crippen LogP contribution >= 0.6 is 34.8 Å². The molecule has 6 saturated heterocycles. The predicted molar refractivity (Wildman–Crippen MR) is 538 cm³/mol. The number of aliphatic hydroxyl groups excluding tert-OH is 1. The van der Waals surface area contributed by atoms with Crippen molar-refractivity contribution in [3.63, 3.8) is 0 Å². The molecule has 3 aromatic carbocycles. The van der Waals surface area contributed by atoms with E-state index in [-0.39, 0.29) is 201 Å². The predicted octanol–water partition coefficient (Wildman–Crippen LogP) is 12.6. The van der Waals surface area contributed by atoms with Crippen LogP contribution < -0.4 is 16.4 Å². The Kier molecular flexibility index (Phi) is 41.0. The van der Waals surface area contributed by atoms with E-state index in [9.17, 15) is 78.9 Å². The van der Waals surface area contributed by atoms with Crippen LogP contribution in [0.5, 0.6) is 34.5 Å². The first-order valence-electron chi connectivity index (χ1n) is 48.0. The first kappa shape index (κ1) is 112. The van der Waals surface area contributed by atoms with Crippen LogP contribution in [0.3, 0.4) is 0 Å². The summed E-state index contributed by atoms with van der Waals surface area (Å²) in [5, 5.41) is 91.0. The number of phenolic OH excluding ortho intramolecular Hbond substituents is 6. The molecule has 37 nitrogen and oxygen atoms in total. The first-order chi connectivity index (χ1) is 69.2. The van der Waals surface area contributed by atoms with Gasteiger partial charge in [0.05, 0.1) is 93.8 Å². The molecule has 4 amide bonds. The summed E-state index contributed by atoms with van der Waals surface area (Å²) in [4.78, 5) is 135. The lowest BCUT2D eigenvalue weighted by molar-refractivity contribution is -0.129. The average molecular weight is 2070 g/mol. The molecule has 2 bridgehead atoms. The summed E-state index contributed by atoms with van der Waals surface area (Å²) in [6.07, 6.45) is 32.7. The topological polar surface area (TPSA) is 513 Å². The highest BCUT2D eigenvalue weighted by Gasteiger charge is 2.51. The Labute approximate surface area is 856 Å².